The van der Waals surface area contributed by atoms with Gasteiger partial charge < -0.3 is 10.4 Å². The Labute approximate surface area is 119 Å². The monoisotopic (exact) mass is 272 g/mol. The van der Waals surface area contributed by atoms with Crippen molar-refractivity contribution in [2.75, 3.05) is 6.54 Å². The predicted octanol–water partition coefficient (Wildman–Crippen LogP) is 2.83. The van der Waals surface area contributed by atoms with Gasteiger partial charge in [0, 0.05) is 6.54 Å². The lowest BCUT2D eigenvalue weighted by Crippen LogP contribution is -2.25. The Morgan fingerprint density at radius 1 is 1.40 bits per heavy atom. The van der Waals surface area contributed by atoms with Gasteiger partial charge in [-0.05, 0) is 55.2 Å². The lowest BCUT2D eigenvalue weighted by Gasteiger charge is -2.06. The zero-order chi connectivity index (χ0) is 15.1. The van der Waals surface area contributed by atoms with E-state index in [0.29, 0.717) is 6.54 Å². The fourth-order valence-electron chi connectivity index (χ4n) is 1.86. The number of phenolic OH excluding ortho intramolecular Hbond substituents is 1. The average molecular weight is 272 g/mol. The van der Waals surface area contributed by atoms with Gasteiger partial charge in [-0.3, -0.25) is 4.79 Å². The standard InChI is InChI=1S/C16H20N2O2/c1-4-5-6-18-16(20)14(10-17)9-13-7-11(2)15(19)12(3)8-13/h7-9,19H,4-6H2,1-3H3,(H,18,20)/b14-9+. The highest BCUT2D eigenvalue weighted by atomic mass is 16.3. The maximum atomic E-state index is 11.8. The third-order valence-corrected chi connectivity index (χ3v) is 3.01. The van der Waals surface area contributed by atoms with Crippen molar-refractivity contribution in [3.05, 3.63) is 34.4 Å². The molecule has 2 N–H and O–H groups in total. The van der Waals surface area contributed by atoms with Gasteiger partial charge in [-0.15, -0.1) is 0 Å². The summed E-state index contributed by atoms with van der Waals surface area (Å²) in [7, 11) is 0. The third-order valence-electron chi connectivity index (χ3n) is 3.01. The van der Waals surface area contributed by atoms with Crippen LogP contribution in [0.2, 0.25) is 0 Å². The summed E-state index contributed by atoms with van der Waals surface area (Å²) in [5.41, 5.74) is 2.26. The van der Waals surface area contributed by atoms with Crippen molar-refractivity contribution < 1.29 is 9.90 Å². The maximum absolute atomic E-state index is 11.8. The Bertz CT molecular complexity index is 545. The summed E-state index contributed by atoms with van der Waals surface area (Å²) >= 11 is 0. The quantitative estimate of drug-likeness (QED) is 0.492. The van der Waals surface area contributed by atoms with Gasteiger partial charge >= 0.3 is 0 Å². The Hall–Kier alpha value is -2.28. The molecule has 0 saturated heterocycles. The van der Waals surface area contributed by atoms with Gasteiger partial charge in [0.05, 0.1) is 0 Å². The second kappa shape index (κ2) is 7.34. The summed E-state index contributed by atoms with van der Waals surface area (Å²) < 4.78 is 0. The molecular weight excluding hydrogens is 252 g/mol. The molecule has 0 aliphatic carbocycles. The lowest BCUT2D eigenvalue weighted by molar-refractivity contribution is -0.117. The number of rotatable bonds is 5. The maximum Gasteiger partial charge on any atom is 0.261 e. The van der Waals surface area contributed by atoms with Crippen molar-refractivity contribution in [2.45, 2.75) is 33.6 Å². The topological polar surface area (TPSA) is 73.1 Å². The number of amides is 1. The molecule has 0 aromatic heterocycles. The zero-order valence-electron chi connectivity index (χ0n) is 12.2. The molecule has 0 spiro atoms. The smallest absolute Gasteiger partial charge is 0.261 e. The number of unbranched alkanes of at least 4 members (excludes halogenated alkanes) is 1. The van der Waals surface area contributed by atoms with E-state index in [1.54, 1.807) is 32.1 Å². The van der Waals surface area contributed by atoms with Gasteiger partial charge in [-0.1, -0.05) is 13.3 Å². The van der Waals surface area contributed by atoms with Gasteiger partial charge in [0.25, 0.3) is 5.91 Å². The van der Waals surface area contributed by atoms with Gasteiger partial charge in [0.15, 0.2) is 0 Å². The Kier molecular flexibility index (Phi) is 5.79. The Balaban J connectivity index is 2.95. The van der Waals surface area contributed by atoms with Crippen LogP contribution in [0.4, 0.5) is 0 Å². The summed E-state index contributed by atoms with van der Waals surface area (Å²) in [6.07, 6.45) is 3.42. The molecule has 0 unspecified atom stereocenters. The van der Waals surface area contributed by atoms with Crippen molar-refractivity contribution in [1.29, 1.82) is 5.26 Å². The van der Waals surface area contributed by atoms with E-state index in [9.17, 15) is 9.90 Å². The number of carbonyl (C=O) groups is 1. The minimum absolute atomic E-state index is 0.0746. The molecule has 0 heterocycles. The fraction of sp³-hybridized carbons (Fsp3) is 0.375. The summed E-state index contributed by atoms with van der Waals surface area (Å²) in [6, 6.07) is 5.42. The van der Waals surface area contributed by atoms with Crippen molar-refractivity contribution in [2.24, 2.45) is 0 Å². The van der Waals surface area contributed by atoms with Crippen LogP contribution in [0.3, 0.4) is 0 Å². The van der Waals surface area contributed by atoms with Crippen LogP contribution in [0.25, 0.3) is 6.08 Å². The summed E-state index contributed by atoms with van der Waals surface area (Å²) in [6.45, 7) is 6.18. The third kappa shape index (κ3) is 4.13. The first-order chi connectivity index (χ1) is 9.49. The molecule has 4 heteroatoms. The average Bonchev–Trinajstić information content (AvgIpc) is 2.42. The molecule has 1 rings (SSSR count). The van der Waals surface area contributed by atoms with Crippen LogP contribution in [0.1, 0.15) is 36.5 Å². The molecule has 0 bridgehead atoms. The number of nitrogens with one attached hydrogen (secondary N) is 1. The number of aryl methyl sites for hydroxylation is 2. The molecule has 1 amide bonds. The largest absolute Gasteiger partial charge is 0.507 e. The molecule has 0 radical (unpaired) electrons. The second-order valence-electron chi connectivity index (χ2n) is 4.78. The first kappa shape index (κ1) is 15.8. The number of hydrogen-bond acceptors (Lipinski definition) is 3. The fourth-order valence-corrected chi connectivity index (χ4v) is 1.86. The SMILES string of the molecule is CCCCNC(=O)/C(C#N)=C/c1cc(C)c(O)c(C)c1. The summed E-state index contributed by atoms with van der Waals surface area (Å²) in [4.78, 5) is 11.8. The number of phenols is 1. The van der Waals surface area contributed by atoms with Crippen molar-refractivity contribution in [3.8, 4) is 11.8 Å². The molecule has 1 aromatic carbocycles. The Morgan fingerprint density at radius 2 is 2.00 bits per heavy atom. The Morgan fingerprint density at radius 3 is 2.50 bits per heavy atom. The lowest BCUT2D eigenvalue weighted by atomic mass is 10.0. The van der Waals surface area contributed by atoms with Crippen LogP contribution in [-0.2, 0) is 4.79 Å². The van der Waals surface area contributed by atoms with E-state index < -0.39 is 0 Å². The van der Waals surface area contributed by atoms with Crippen molar-refractivity contribution in [3.63, 3.8) is 0 Å². The van der Waals surface area contributed by atoms with Crippen LogP contribution in [0, 0.1) is 25.2 Å². The molecule has 0 aliphatic rings. The molecule has 0 atom stereocenters. The highest BCUT2D eigenvalue weighted by molar-refractivity contribution is 6.01. The number of hydrogen-bond donors (Lipinski definition) is 2. The molecule has 20 heavy (non-hydrogen) atoms. The summed E-state index contributed by atoms with van der Waals surface area (Å²) in [5.74, 6) is -0.114. The number of benzene rings is 1. The zero-order valence-corrected chi connectivity index (χ0v) is 12.2. The van der Waals surface area contributed by atoms with Crippen LogP contribution < -0.4 is 5.32 Å². The van der Waals surface area contributed by atoms with E-state index in [-0.39, 0.29) is 17.2 Å². The molecule has 0 fully saturated rings. The molecule has 0 aliphatic heterocycles. The second-order valence-corrected chi connectivity index (χ2v) is 4.78. The number of nitrogens with zero attached hydrogens (tertiary/aromatic N) is 1. The molecule has 106 valence electrons. The molecule has 0 saturated carbocycles. The van der Waals surface area contributed by atoms with Crippen molar-refractivity contribution in [1.82, 2.24) is 5.32 Å². The summed E-state index contributed by atoms with van der Waals surface area (Å²) in [5, 5.41) is 21.5. The van der Waals surface area contributed by atoms with Gasteiger partial charge in [-0.25, -0.2) is 0 Å². The first-order valence-corrected chi connectivity index (χ1v) is 6.69. The van der Waals surface area contributed by atoms with Gasteiger partial charge in [-0.2, -0.15) is 5.26 Å². The van der Waals surface area contributed by atoms with E-state index in [2.05, 4.69) is 5.32 Å². The van der Waals surface area contributed by atoms with E-state index in [4.69, 9.17) is 5.26 Å². The number of nitriles is 1. The number of carbonyl (C=O) groups excluding carboxylic acids is 1. The normalized spacial score (nSPS) is 11.0. The van der Waals surface area contributed by atoms with Crippen LogP contribution in [-0.4, -0.2) is 17.6 Å². The van der Waals surface area contributed by atoms with Crippen LogP contribution >= 0.6 is 0 Å². The van der Waals surface area contributed by atoms with Gasteiger partial charge in [0.2, 0.25) is 0 Å². The van der Waals surface area contributed by atoms with Gasteiger partial charge in [0.1, 0.15) is 17.4 Å². The van der Waals surface area contributed by atoms with Crippen molar-refractivity contribution >= 4 is 12.0 Å². The van der Waals surface area contributed by atoms with E-state index in [1.807, 2.05) is 13.0 Å². The molecule has 4 nitrogen and oxygen atoms in total. The van der Waals surface area contributed by atoms with Crippen LogP contribution in [0.5, 0.6) is 5.75 Å². The predicted molar refractivity (Wildman–Crippen MR) is 79.1 cm³/mol. The van der Waals surface area contributed by atoms with E-state index in [1.165, 1.54) is 0 Å². The molecular formula is C16H20N2O2. The highest BCUT2D eigenvalue weighted by Gasteiger charge is 2.09. The highest BCUT2D eigenvalue weighted by Crippen LogP contribution is 2.24. The first-order valence-electron chi connectivity index (χ1n) is 6.69. The molecule has 1 aromatic rings. The van der Waals surface area contributed by atoms with E-state index >= 15 is 0 Å². The minimum Gasteiger partial charge on any atom is -0.507 e. The minimum atomic E-state index is -0.357. The van der Waals surface area contributed by atoms with Crippen LogP contribution in [0.15, 0.2) is 17.7 Å². The number of aromatic hydroxyl groups is 1. The van der Waals surface area contributed by atoms with E-state index in [0.717, 1.165) is 29.5 Å².